The van der Waals surface area contributed by atoms with Crippen molar-refractivity contribution < 1.29 is 9.84 Å². The first-order valence-electron chi connectivity index (χ1n) is 11.3. The SMILES string of the molecule is C=CCOc1ccccc1CN1CCN(C2CCN(C(C)C)CC2)[C@H](CCO)C1. The maximum Gasteiger partial charge on any atom is 0.124 e. The average Bonchev–Trinajstić information content (AvgIpc) is 2.74. The van der Waals surface area contributed by atoms with Crippen LogP contribution >= 0.6 is 0 Å². The highest BCUT2D eigenvalue weighted by molar-refractivity contribution is 5.33. The number of rotatable bonds is 9. The summed E-state index contributed by atoms with van der Waals surface area (Å²) < 4.78 is 5.85. The molecule has 162 valence electrons. The lowest BCUT2D eigenvalue weighted by molar-refractivity contribution is -0.000213. The molecule has 29 heavy (non-hydrogen) atoms. The second-order valence-electron chi connectivity index (χ2n) is 8.71. The maximum absolute atomic E-state index is 9.68. The van der Waals surface area contributed by atoms with Gasteiger partial charge in [0.05, 0.1) is 0 Å². The Labute approximate surface area is 176 Å². The minimum atomic E-state index is 0.263. The number of para-hydroxylation sites is 1. The Morgan fingerprint density at radius 1 is 1.17 bits per heavy atom. The van der Waals surface area contributed by atoms with Crippen LogP contribution in [0.2, 0.25) is 0 Å². The van der Waals surface area contributed by atoms with E-state index in [4.69, 9.17) is 4.74 Å². The number of hydrogen-bond donors (Lipinski definition) is 1. The van der Waals surface area contributed by atoms with E-state index in [-0.39, 0.29) is 6.61 Å². The third-order valence-electron chi connectivity index (χ3n) is 6.50. The van der Waals surface area contributed by atoms with E-state index in [1.54, 1.807) is 6.08 Å². The Hall–Kier alpha value is -1.40. The van der Waals surface area contributed by atoms with Crippen LogP contribution < -0.4 is 4.74 Å². The van der Waals surface area contributed by atoms with Crippen molar-refractivity contribution in [2.45, 2.75) is 57.8 Å². The van der Waals surface area contributed by atoms with Crippen LogP contribution in [0.1, 0.15) is 38.7 Å². The van der Waals surface area contributed by atoms with Crippen LogP contribution in [0.15, 0.2) is 36.9 Å². The van der Waals surface area contributed by atoms with E-state index in [2.05, 4.69) is 47.3 Å². The first-order chi connectivity index (χ1) is 14.1. The Morgan fingerprint density at radius 3 is 2.62 bits per heavy atom. The molecule has 2 heterocycles. The van der Waals surface area contributed by atoms with Gasteiger partial charge in [-0.15, -0.1) is 0 Å². The molecule has 5 heteroatoms. The van der Waals surface area contributed by atoms with Gasteiger partial charge in [-0.2, -0.15) is 0 Å². The molecule has 0 amide bonds. The van der Waals surface area contributed by atoms with Gasteiger partial charge in [-0.1, -0.05) is 30.9 Å². The number of nitrogens with zero attached hydrogens (tertiary/aromatic N) is 3. The van der Waals surface area contributed by atoms with Crippen molar-refractivity contribution in [1.82, 2.24) is 14.7 Å². The quantitative estimate of drug-likeness (QED) is 0.644. The summed E-state index contributed by atoms with van der Waals surface area (Å²) in [6.45, 7) is 15.6. The number of piperidine rings is 1. The smallest absolute Gasteiger partial charge is 0.124 e. The molecule has 0 aromatic heterocycles. The first kappa shape index (κ1) is 22.3. The predicted octanol–water partition coefficient (Wildman–Crippen LogP) is 2.99. The monoisotopic (exact) mass is 401 g/mol. The van der Waals surface area contributed by atoms with E-state index >= 15 is 0 Å². The molecule has 1 atom stereocenters. The molecular formula is C24H39N3O2. The zero-order valence-corrected chi connectivity index (χ0v) is 18.3. The highest BCUT2D eigenvalue weighted by atomic mass is 16.5. The van der Waals surface area contributed by atoms with E-state index in [0.29, 0.717) is 24.7 Å². The third-order valence-corrected chi connectivity index (χ3v) is 6.50. The van der Waals surface area contributed by atoms with Crippen molar-refractivity contribution in [3.63, 3.8) is 0 Å². The fourth-order valence-electron chi connectivity index (χ4n) is 4.86. The molecule has 3 rings (SSSR count). The van der Waals surface area contributed by atoms with Crippen LogP contribution in [0.25, 0.3) is 0 Å². The Bertz CT molecular complexity index is 628. The van der Waals surface area contributed by atoms with E-state index in [9.17, 15) is 5.11 Å². The van der Waals surface area contributed by atoms with Crippen LogP contribution in [0.4, 0.5) is 0 Å². The molecular weight excluding hydrogens is 362 g/mol. The van der Waals surface area contributed by atoms with Crippen LogP contribution in [0, 0.1) is 0 Å². The summed E-state index contributed by atoms with van der Waals surface area (Å²) in [6.07, 6.45) is 5.14. The van der Waals surface area contributed by atoms with E-state index in [0.717, 1.165) is 38.3 Å². The largest absolute Gasteiger partial charge is 0.489 e. The van der Waals surface area contributed by atoms with E-state index in [1.165, 1.54) is 31.5 Å². The molecule has 1 aromatic rings. The fraction of sp³-hybridized carbons (Fsp3) is 0.667. The minimum absolute atomic E-state index is 0.263. The van der Waals surface area contributed by atoms with Gasteiger partial charge in [-0.05, 0) is 52.3 Å². The highest BCUT2D eigenvalue weighted by Gasteiger charge is 2.34. The summed E-state index contributed by atoms with van der Waals surface area (Å²) in [4.78, 5) is 7.81. The minimum Gasteiger partial charge on any atom is -0.489 e. The van der Waals surface area contributed by atoms with Gasteiger partial charge in [0.15, 0.2) is 0 Å². The zero-order valence-electron chi connectivity index (χ0n) is 18.3. The third kappa shape index (κ3) is 6.05. The topological polar surface area (TPSA) is 39.2 Å². The predicted molar refractivity (Wildman–Crippen MR) is 119 cm³/mol. The second kappa shape index (κ2) is 11.1. The highest BCUT2D eigenvalue weighted by Crippen LogP contribution is 2.26. The van der Waals surface area contributed by atoms with Crippen LogP contribution in [0.5, 0.6) is 5.75 Å². The number of piperazine rings is 1. The van der Waals surface area contributed by atoms with Gasteiger partial charge in [-0.25, -0.2) is 0 Å². The number of benzene rings is 1. The van der Waals surface area contributed by atoms with Crippen molar-refractivity contribution in [2.75, 3.05) is 45.9 Å². The molecule has 2 saturated heterocycles. The molecule has 0 saturated carbocycles. The molecule has 0 unspecified atom stereocenters. The number of aliphatic hydroxyl groups is 1. The molecule has 1 aromatic carbocycles. The molecule has 0 aliphatic carbocycles. The molecule has 2 aliphatic rings. The van der Waals surface area contributed by atoms with Crippen molar-refractivity contribution in [2.24, 2.45) is 0 Å². The standard InChI is InChI=1S/C24H39N3O2/c1-4-17-29-24-8-6-5-7-21(24)18-25-14-15-27(23(19-25)11-16-28)22-9-12-26(13-10-22)20(2)3/h4-8,20,22-23,28H,1,9-19H2,2-3H3/t23-/m1/s1. The van der Waals surface area contributed by atoms with Gasteiger partial charge in [0, 0.05) is 56.5 Å². The fourth-order valence-corrected chi connectivity index (χ4v) is 4.86. The second-order valence-corrected chi connectivity index (χ2v) is 8.71. The van der Waals surface area contributed by atoms with Crippen molar-refractivity contribution in [1.29, 1.82) is 0 Å². The van der Waals surface area contributed by atoms with Crippen LogP contribution in [0.3, 0.4) is 0 Å². The summed E-state index contributed by atoms with van der Waals surface area (Å²) in [7, 11) is 0. The molecule has 5 nitrogen and oxygen atoms in total. The summed E-state index contributed by atoms with van der Waals surface area (Å²) in [5, 5.41) is 9.68. The average molecular weight is 402 g/mol. The van der Waals surface area contributed by atoms with Gasteiger partial charge in [-0.3, -0.25) is 9.80 Å². The van der Waals surface area contributed by atoms with E-state index in [1.807, 2.05) is 12.1 Å². The lowest BCUT2D eigenvalue weighted by Crippen LogP contribution is -2.58. The summed E-state index contributed by atoms with van der Waals surface area (Å²) in [6, 6.07) is 10.1. The van der Waals surface area contributed by atoms with Crippen LogP contribution in [-0.4, -0.2) is 83.9 Å². The van der Waals surface area contributed by atoms with Gasteiger partial charge in [0.1, 0.15) is 12.4 Å². The van der Waals surface area contributed by atoms with Gasteiger partial charge in [0.25, 0.3) is 0 Å². The van der Waals surface area contributed by atoms with Gasteiger partial charge >= 0.3 is 0 Å². The lowest BCUT2D eigenvalue weighted by atomic mass is 9.97. The molecule has 0 spiro atoms. The van der Waals surface area contributed by atoms with Gasteiger partial charge in [0.2, 0.25) is 0 Å². The summed E-state index contributed by atoms with van der Waals surface area (Å²) in [5.41, 5.74) is 1.23. The molecule has 1 N–H and O–H groups in total. The summed E-state index contributed by atoms with van der Waals surface area (Å²) in [5.74, 6) is 0.953. The number of ether oxygens (including phenoxy) is 1. The Morgan fingerprint density at radius 2 is 1.93 bits per heavy atom. The lowest BCUT2D eigenvalue weighted by Gasteiger charge is -2.48. The maximum atomic E-state index is 9.68. The number of hydrogen-bond acceptors (Lipinski definition) is 5. The number of likely N-dealkylation sites (tertiary alicyclic amines) is 1. The molecule has 0 bridgehead atoms. The van der Waals surface area contributed by atoms with Crippen molar-refractivity contribution >= 4 is 0 Å². The normalized spacial score (nSPS) is 22.8. The van der Waals surface area contributed by atoms with E-state index < -0.39 is 0 Å². The summed E-state index contributed by atoms with van der Waals surface area (Å²) >= 11 is 0. The molecule has 2 aliphatic heterocycles. The first-order valence-corrected chi connectivity index (χ1v) is 11.3. The van der Waals surface area contributed by atoms with Crippen molar-refractivity contribution in [3.05, 3.63) is 42.5 Å². The molecule has 0 radical (unpaired) electrons. The van der Waals surface area contributed by atoms with Crippen LogP contribution in [-0.2, 0) is 6.54 Å². The Kier molecular flexibility index (Phi) is 8.54. The van der Waals surface area contributed by atoms with Gasteiger partial charge < -0.3 is 14.7 Å². The Balaban J connectivity index is 1.60. The number of aliphatic hydroxyl groups excluding tert-OH is 1. The molecule has 2 fully saturated rings. The van der Waals surface area contributed by atoms with Crippen molar-refractivity contribution in [3.8, 4) is 5.75 Å². The zero-order chi connectivity index (χ0) is 20.6.